The number of ether oxygens (including phenoxy) is 1. The van der Waals surface area contributed by atoms with Crippen LogP contribution in [0.15, 0.2) is 42.9 Å². The topological polar surface area (TPSA) is 67.3 Å². The van der Waals surface area contributed by atoms with Gasteiger partial charge in [-0.25, -0.2) is 4.98 Å². The third kappa shape index (κ3) is 4.26. The Balaban J connectivity index is 2.09. The molecule has 0 bridgehead atoms. The number of pyridine rings is 2. The summed E-state index contributed by atoms with van der Waals surface area (Å²) < 4.78 is 5.64. The van der Waals surface area contributed by atoms with E-state index in [2.05, 4.69) is 15.3 Å². The van der Waals surface area contributed by atoms with Crippen LogP contribution in [0.2, 0.25) is 0 Å². The molecule has 0 saturated heterocycles. The van der Waals surface area contributed by atoms with E-state index in [1.807, 2.05) is 25.9 Å². The Hall–Kier alpha value is -2.47. The second-order valence-corrected chi connectivity index (χ2v) is 5.17. The maximum Gasteiger partial charge on any atom is 0.256 e. The fraction of sp³-hybridized carbons (Fsp3) is 0.312. The van der Waals surface area contributed by atoms with E-state index in [0.717, 1.165) is 0 Å². The van der Waals surface area contributed by atoms with Gasteiger partial charge in [-0.15, -0.1) is 0 Å². The molecule has 1 amide bonds. The summed E-state index contributed by atoms with van der Waals surface area (Å²) in [6.45, 7) is 2.59. The highest BCUT2D eigenvalue weighted by Crippen LogP contribution is 2.21. The summed E-state index contributed by atoms with van der Waals surface area (Å²) in [7, 11) is 3.94. The number of nitrogens with one attached hydrogen (secondary N) is 1. The van der Waals surface area contributed by atoms with Crippen LogP contribution in [0.3, 0.4) is 0 Å². The molecule has 0 aliphatic heterocycles. The predicted octanol–water partition coefficient (Wildman–Crippen LogP) is 1.95. The second-order valence-electron chi connectivity index (χ2n) is 5.17. The molecular formula is C16H20N4O2. The van der Waals surface area contributed by atoms with E-state index in [4.69, 9.17) is 4.74 Å². The number of hydrogen-bond donors (Lipinski definition) is 1. The highest BCUT2D eigenvalue weighted by atomic mass is 16.5. The third-order valence-corrected chi connectivity index (χ3v) is 3.30. The standard InChI is InChI=1S/C16H20N4O2/c1-12(20(2)3)10-19-15(21)14-7-5-9-18-16(14)22-13-6-4-8-17-11-13/h4-9,11-12H,10H2,1-3H3,(H,19,21)/t12-/m0/s1. The smallest absolute Gasteiger partial charge is 0.256 e. The molecule has 6 heteroatoms. The van der Waals surface area contributed by atoms with Crippen molar-refractivity contribution in [1.29, 1.82) is 0 Å². The molecule has 0 aliphatic carbocycles. The zero-order chi connectivity index (χ0) is 15.9. The lowest BCUT2D eigenvalue weighted by Gasteiger charge is -2.20. The van der Waals surface area contributed by atoms with Crippen LogP contribution in [0.4, 0.5) is 0 Å². The summed E-state index contributed by atoms with van der Waals surface area (Å²) in [5.74, 6) is 0.600. The summed E-state index contributed by atoms with van der Waals surface area (Å²) in [4.78, 5) is 22.5. The number of carbonyl (C=O) groups is 1. The maximum atomic E-state index is 12.3. The molecular weight excluding hydrogens is 280 g/mol. The van der Waals surface area contributed by atoms with Gasteiger partial charge in [0.1, 0.15) is 11.3 Å². The molecule has 1 N–H and O–H groups in total. The molecule has 2 aromatic heterocycles. The number of likely N-dealkylation sites (N-methyl/N-ethyl adjacent to an activating group) is 1. The summed E-state index contributed by atoms with van der Waals surface area (Å²) in [5, 5.41) is 2.89. The number of hydrogen-bond acceptors (Lipinski definition) is 5. The Labute approximate surface area is 130 Å². The average molecular weight is 300 g/mol. The molecule has 0 aliphatic rings. The Morgan fingerprint density at radius 1 is 1.32 bits per heavy atom. The van der Waals surface area contributed by atoms with Crippen molar-refractivity contribution in [1.82, 2.24) is 20.2 Å². The molecule has 0 aromatic carbocycles. The van der Waals surface area contributed by atoms with Crippen molar-refractivity contribution in [3.05, 3.63) is 48.4 Å². The van der Waals surface area contributed by atoms with Crippen LogP contribution in [0.25, 0.3) is 0 Å². The molecule has 0 fully saturated rings. The average Bonchev–Trinajstić information content (AvgIpc) is 2.53. The lowest BCUT2D eigenvalue weighted by atomic mass is 10.2. The quantitative estimate of drug-likeness (QED) is 0.883. The van der Waals surface area contributed by atoms with E-state index in [9.17, 15) is 4.79 Å². The minimum absolute atomic E-state index is 0.208. The lowest BCUT2D eigenvalue weighted by Crippen LogP contribution is -2.38. The molecule has 2 aromatic rings. The van der Waals surface area contributed by atoms with Crippen LogP contribution < -0.4 is 10.1 Å². The van der Waals surface area contributed by atoms with Gasteiger partial charge in [-0.2, -0.15) is 0 Å². The van der Waals surface area contributed by atoms with Gasteiger partial charge in [-0.05, 0) is 45.3 Å². The van der Waals surface area contributed by atoms with Gasteiger partial charge in [0.15, 0.2) is 0 Å². The van der Waals surface area contributed by atoms with E-state index in [1.54, 1.807) is 42.9 Å². The normalized spacial score (nSPS) is 12.0. The van der Waals surface area contributed by atoms with Gasteiger partial charge in [-0.1, -0.05) is 0 Å². The molecule has 0 unspecified atom stereocenters. The zero-order valence-corrected chi connectivity index (χ0v) is 13.0. The fourth-order valence-corrected chi connectivity index (χ4v) is 1.68. The van der Waals surface area contributed by atoms with Crippen molar-refractivity contribution < 1.29 is 9.53 Å². The Bertz CT molecular complexity index is 617. The Morgan fingerprint density at radius 3 is 2.77 bits per heavy atom. The predicted molar refractivity (Wildman–Crippen MR) is 84.0 cm³/mol. The van der Waals surface area contributed by atoms with E-state index in [0.29, 0.717) is 17.9 Å². The van der Waals surface area contributed by atoms with Gasteiger partial charge in [0.25, 0.3) is 5.91 Å². The van der Waals surface area contributed by atoms with Gasteiger partial charge >= 0.3 is 0 Å². The van der Waals surface area contributed by atoms with Crippen LogP contribution in [0.5, 0.6) is 11.6 Å². The third-order valence-electron chi connectivity index (χ3n) is 3.30. The highest BCUT2D eigenvalue weighted by Gasteiger charge is 2.15. The van der Waals surface area contributed by atoms with Gasteiger partial charge in [0, 0.05) is 25.0 Å². The SMILES string of the molecule is C[C@@H](CNC(=O)c1cccnc1Oc1cccnc1)N(C)C. The van der Waals surface area contributed by atoms with Crippen molar-refractivity contribution in [2.24, 2.45) is 0 Å². The number of carbonyl (C=O) groups excluding carboxylic acids is 1. The Morgan fingerprint density at radius 2 is 2.09 bits per heavy atom. The summed E-state index contributed by atoms with van der Waals surface area (Å²) in [6.07, 6.45) is 4.82. The molecule has 0 spiro atoms. The van der Waals surface area contributed by atoms with Crippen LogP contribution in [0.1, 0.15) is 17.3 Å². The van der Waals surface area contributed by atoms with Gasteiger partial charge in [0.2, 0.25) is 5.88 Å². The molecule has 1 atom stereocenters. The monoisotopic (exact) mass is 300 g/mol. The zero-order valence-electron chi connectivity index (χ0n) is 13.0. The first-order valence-electron chi connectivity index (χ1n) is 7.05. The Kier molecular flexibility index (Phi) is 5.43. The molecule has 22 heavy (non-hydrogen) atoms. The number of amides is 1. The maximum absolute atomic E-state index is 12.3. The van der Waals surface area contributed by atoms with Gasteiger partial charge in [-0.3, -0.25) is 9.78 Å². The van der Waals surface area contributed by atoms with Crippen LogP contribution in [-0.2, 0) is 0 Å². The molecule has 2 rings (SSSR count). The molecule has 2 heterocycles. The van der Waals surface area contributed by atoms with E-state index < -0.39 is 0 Å². The second kappa shape index (κ2) is 7.51. The summed E-state index contributed by atoms with van der Waals surface area (Å²) in [5.41, 5.74) is 0.400. The minimum atomic E-state index is -0.208. The van der Waals surface area contributed by atoms with Crippen molar-refractivity contribution in [2.45, 2.75) is 13.0 Å². The first-order valence-corrected chi connectivity index (χ1v) is 7.05. The number of nitrogens with zero attached hydrogens (tertiary/aromatic N) is 3. The molecule has 0 radical (unpaired) electrons. The van der Waals surface area contributed by atoms with Crippen LogP contribution in [0, 0.1) is 0 Å². The van der Waals surface area contributed by atoms with Crippen molar-refractivity contribution in [3.63, 3.8) is 0 Å². The van der Waals surface area contributed by atoms with Crippen molar-refractivity contribution in [2.75, 3.05) is 20.6 Å². The number of aromatic nitrogens is 2. The van der Waals surface area contributed by atoms with E-state index in [1.165, 1.54) is 0 Å². The fourth-order valence-electron chi connectivity index (χ4n) is 1.68. The molecule has 116 valence electrons. The number of rotatable bonds is 6. The van der Waals surface area contributed by atoms with E-state index >= 15 is 0 Å². The molecule has 6 nitrogen and oxygen atoms in total. The van der Waals surface area contributed by atoms with Gasteiger partial charge in [0.05, 0.1) is 6.20 Å². The largest absolute Gasteiger partial charge is 0.437 e. The summed E-state index contributed by atoms with van der Waals surface area (Å²) >= 11 is 0. The molecule has 0 saturated carbocycles. The van der Waals surface area contributed by atoms with E-state index in [-0.39, 0.29) is 17.8 Å². The van der Waals surface area contributed by atoms with Gasteiger partial charge < -0.3 is 15.0 Å². The van der Waals surface area contributed by atoms with Crippen LogP contribution >= 0.6 is 0 Å². The first-order chi connectivity index (χ1) is 10.6. The van der Waals surface area contributed by atoms with Crippen molar-refractivity contribution >= 4 is 5.91 Å². The first kappa shape index (κ1) is 15.9. The summed E-state index contributed by atoms with van der Waals surface area (Å²) in [6, 6.07) is 7.16. The minimum Gasteiger partial charge on any atom is -0.437 e. The van der Waals surface area contributed by atoms with Crippen LogP contribution in [-0.4, -0.2) is 47.5 Å². The highest BCUT2D eigenvalue weighted by molar-refractivity contribution is 5.96. The lowest BCUT2D eigenvalue weighted by molar-refractivity contribution is 0.0940. The van der Waals surface area contributed by atoms with Crippen molar-refractivity contribution in [3.8, 4) is 11.6 Å².